The summed E-state index contributed by atoms with van der Waals surface area (Å²) in [5, 5.41) is 18.0. The lowest BCUT2D eigenvalue weighted by Crippen LogP contribution is -2.40. The first-order chi connectivity index (χ1) is 23.7. The topological polar surface area (TPSA) is 136 Å². The molecule has 2 aliphatic rings. The largest absolute Gasteiger partial charge is 0.534 e. The van der Waals surface area contributed by atoms with Crippen LogP contribution in [0.1, 0.15) is 33.4 Å². The molecule has 0 amide bonds. The number of carbonyl (C=O) groups is 2. The minimum absolute atomic E-state index is 0.0267. The van der Waals surface area contributed by atoms with Gasteiger partial charge in [0, 0.05) is 17.2 Å². The van der Waals surface area contributed by atoms with E-state index in [1.54, 1.807) is 12.1 Å². The van der Waals surface area contributed by atoms with Crippen molar-refractivity contribution in [3.8, 4) is 28.4 Å². The van der Waals surface area contributed by atoms with Crippen LogP contribution in [0.5, 0.6) is 17.2 Å². The van der Waals surface area contributed by atoms with Crippen molar-refractivity contribution in [1.29, 1.82) is 0 Å². The van der Waals surface area contributed by atoms with Gasteiger partial charge in [0.1, 0.15) is 17.2 Å². The zero-order valence-corrected chi connectivity index (χ0v) is 27.7. The van der Waals surface area contributed by atoms with Gasteiger partial charge in [-0.3, -0.25) is 0 Å². The second-order valence-electron chi connectivity index (χ2n) is 11.5. The minimum Gasteiger partial charge on any atom is -0.478 e. The first-order valence-corrected chi connectivity index (χ1v) is 15.9. The molecule has 3 aromatic carbocycles. The molecule has 2 heterocycles. The number of aryl methyl sites for hydroxylation is 3. The number of halogens is 9. The second-order valence-corrected chi connectivity index (χ2v) is 13.0. The summed E-state index contributed by atoms with van der Waals surface area (Å²) in [6.45, 7) is 6.86. The third kappa shape index (κ3) is 8.13. The van der Waals surface area contributed by atoms with Gasteiger partial charge in [-0.15, -0.1) is 0 Å². The van der Waals surface area contributed by atoms with Crippen LogP contribution in [-0.2, 0) is 19.7 Å². The molecule has 5 rings (SSSR count). The van der Waals surface area contributed by atoms with E-state index in [-0.39, 0.29) is 16.9 Å². The van der Waals surface area contributed by atoms with Gasteiger partial charge in [0.25, 0.3) is 0 Å². The average Bonchev–Trinajstić information content (AvgIpc) is 3.00. The molecule has 0 fully saturated rings. The van der Waals surface area contributed by atoms with Crippen LogP contribution in [0.3, 0.4) is 0 Å². The first kappa shape index (κ1) is 39.6. The van der Waals surface area contributed by atoms with Crippen LogP contribution >= 0.6 is 0 Å². The summed E-state index contributed by atoms with van der Waals surface area (Å²) < 4.78 is 151. The summed E-state index contributed by atoms with van der Waals surface area (Å²) in [6.07, 6.45) is -13.6. The maximum absolute atomic E-state index is 13.2. The molecule has 280 valence electrons. The van der Waals surface area contributed by atoms with E-state index < -0.39 is 74.8 Å². The van der Waals surface area contributed by atoms with Gasteiger partial charge in [0.2, 0.25) is 12.2 Å². The molecule has 0 saturated heterocycles. The Labute approximate surface area is 288 Å². The van der Waals surface area contributed by atoms with Crippen molar-refractivity contribution >= 4 is 34.2 Å². The number of benzene rings is 3. The fourth-order valence-electron chi connectivity index (χ4n) is 5.12. The Morgan fingerprint density at radius 2 is 1.13 bits per heavy atom. The molecule has 2 atom stereocenters. The monoisotopic (exact) mass is 768 g/mol. The van der Waals surface area contributed by atoms with Crippen LogP contribution in [0.25, 0.3) is 23.3 Å². The molecule has 0 spiro atoms. The van der Waals surface area contributed by atoms with Crippen molar-refractivity contribution in [2.45, 2.75) is 57.8 Å². The van der Waals surface area contributed by atoms with E-state index in [0.717, 1.165) is 46.9 Å². The molecule has 0 aliphatic carbocycles. The molecule has 2 aliphatic heterocycles. The zero-order chi connectivity index (χ0) is 39.3. The standard InChI is InChI=1S/C20H17F3O3.C13H8F6O6S/c1-10-5-4-6-14(12(10)3)15-9-17-13(7-11(15)2)8-16(19(24)25)18(26-17)20(21,22)23;1-5-2-6-3-7(11(20)21)10(12(14,15)16)24-9(6)4-8(5)25-26(22,23)13(17,18)19/h4-9,18H,1-3H3,(H,24,25);2-4,10H,1H3,(H,20,21). The smallest absolute Gasteiger partial charge is 0.478 e. The number of hydrogen-bond acceptors (Lipinski definition) is 7. The van der Waals surface area contributed by atoms with Crippen molar-refractivity contribution < 1.29 is 81.4 Å². The molecule has 2 unspecified atom stereocenters. The number of fused-ring (bicyclic) bond motifs is 2. The number of hydrogen-bond donors (Lipinski definition) is 2. The molecule has 2 N–H and O–H groups in total. The average molecular weight is 769 g/mol. The highest BCUT2D eigenvalue weighted by Gasteiger charge is 2.51. The van der Waals surface area contributed by atoms with Crippen LogP contribution in [0.15, 0.2) is 53.6 Å². The Kier molecular flexibility index (Phi) is 10.5. The van der Waals surface area contributed by atoms with E-state index in [4.69, 9.17) is 14.9 Å². The molecule has 0 bridgehead atoms. The van der Waals surface area contributed by atoms with E-state index in [9.17, 15) is 57.5 Å². The number of alkyl halides is 9. The molecule has 3 aromatic rings. The molecule has 0 saturated carbocycles. The lowest BCUT2D eigenvalue weighted by atomic mass is 9.91. The van der Waals surface area contributed by atoms with E-state index in [1.807, 2.05) is 39.0 Å². The van der Waals surface area contributed by atoms with Crippen molar-refractivity contribution in [3.63, 3.8) is 0 Å². The van der Waals surface area contributed by atoms with Gasteiger partial charge in [-0.1, -0.05) is 18.2 Å². The number of carboxylic acid groups (broad SMARTS) is 2. The van der Waals surface area contributed by atoms with Gasteiger partial charge in [-0.25, -0.2) is 9.59 Å². The van der Waals surface area contributed by atoms with Crippen LogP contribution in [-0.4, -0.2) is 60.6 Å². The maximum Gasteiger partial charge on any atom is 0.534 e. The van der Waals surface area contributed by atoms with Gasteiger partial charge >= 0.3 is 39.9 Å². The maximum atomic E-state index is 13.2. The van der Waals surface area contributed by atoms with Crippen LogP contribution in [0, 0.1) is 27.7 Å². The summed E-state index contributed by atoms with van der Waals surface area (Å²) in [4.78, 5) is 22.2. The summed E-state index contributed by atoms with van der Waals surface area (Å²) in [7, 11) is -6.05. The summed E-state index contributed by atoms with van der Waals surface area (Å²) in [5.41, 5.74) is -3.18. The summed E-state index contributed by atoms with van der Waals surface area (Å²) in [5.74, 6) is -5.12. The normalized spacial score (nSPS) is 17.2. The van der Waals surface area contributed by atoms with Gasteiger partial charge < -0.3 is 23.9 Å². The van der Waals surface area contributed by atoms with E-state index in [1.165, 1.54) is 0 Å². The molecule has 0 aromatic heterocycles. The molecule has 19 heteroatoms. The Morgan fingerprint density at radius 1 is 0.673 bits per heavy atom. The predicted molar refractivity (Wildman–Crippen MR) is 165 cm³/mol. The van der Waals surface area contributed by atoms with Gasteiger partial charge in [0.05, 0.1) is 11.1 Å². The molecule has 0 radical (unpaired) electrons. The first-order valence-electron chi connectivity index (χ1n) is 14.5. The number of ether oxygens (including phenoxy) is 2. The highest BCUT2D eigenvalue weighted by molar-refractivity contribution is 7.88. The SMILES string of the molecule is Cc1cc2c(cc1-c1cccc(C)c1C)OC(C(F)(F)F)C(C(=O)O)=C2.Cc1cc2c(cc1OS(=O)(=O)C(F)(F)F)OC(C(F)(F)F)C(C(=O)O)=C2. The van der Waals surface area contributed by atoms with Gasteiger partial charge in [-0.2, -0.15) is 47.9 Å². The minimum atomic E-state index is -6.05. The highest BCUT2D eigenvalue weighted by atomic mass is 32.2. The quantitative estimate of drug-likeness (QED) is 0.150. The van der Waals surface area contributed by atoms with E-state index >= 15 is 0 Å². The zero-order valence-electron chi connectivity index (χ0n) is 26.9. The van der Waals surface area contributed by atoms with Crippen LogP contribution in [0.2, 0.25) is 0 Å². The molecular weight excluding hydrogens is 743 g/mol. The van der Waals surface area contributed by atoms with Crippen LogP contribution < -0.4 is 13.7 Å². The van der Waals surface area contributed by atoms with E-state index in [2.05, 4.69) is 8.92 Å². The lowest BCUT2D eigenvalue weighted by Gasteiger charge is -2.28. The van der Waals surface area contributed by atoms with Crippen LogP contribution in [0.4, 0.5) is 39.5 Å². The third-order valence-electron chi connectivity index (χ3n) is 7.81. The fraction of sp³-hybridized carbons (Fsp3) is 0.273. The predicted octanol–water partition coefficient (Wildman–Crippen LogP) is 8.08. The fourth-order valence-corrected chi connectivity index (χ4v) is 5.63. The van der Waals surface area contributed by atoms with Gasteiger partial charge in [-0.05, 0) is 91.4 Å². The van der Waals surface area contributed by atoms with Crippen molar-refractivity contribution in [2.24, 2.45) is 0 Å². The Morgan fingerprint density at radius 3 is 1.58 bits per heavy atom. The highest BCUT2D eigenvalue weighted by Crippen LogP contribution is 2.43. The van der Waals surface area contributed by atoms with Crippen molar-refractivity contribution in [3.05, 3.63) is 87.0 Å². The molecule has 52 heavy (non-hydrogen) atoms. The molecule has 9 nitrogen and oxygen atoms in total. The van der Waals surface area contributed by atoms with Crippen molar-refractivity contribution in [2.75, 3.05) is 0 Å². The second kappa shape index (κ2) is 13.7. The van der Waals surface area contributed by atoms with E-state index in [0.29, 0.717) is 17.7 Å². The van der Waals surface area contributed by atoms with Crippen molar-refractivity contribution in [1.82, 2.24) is 0 Å². The Hall–Kier alpha value is -5.20. The van der Waals surface area contributed by atoms with Gasteiger partial charge in [0.15, 0.2) is 0 Å². The number of aliphatic carboxylic acids is 2. The number of carboxylic acids is 2. The third-order valence-corrected chi connectivity index (χ3v) is 8.77. The molecular formula is C33H25F9O9S. The lowest BCUT2D eigenvalue weighted by molar-refractivity contribution is -0.187. The Bertz CT molecular complexity index is 2110. The Balaban J connectivity index is 0.000000233. The summed E-state index contributed by atoms with van der Waals surface area (Å²) >= 11 is 0. The number of rotatable bonds is 5. The summed E-state index contributed by atoms with van der Waals surface area (Å²) in [6, 6.07) is 10.4.